The Morgan fingerprint density at radius 2 is 1.92 bits per heavy atom. The van der Waals surface area contributed by atoms with Crippen LogP contribution in [0.3, 0.4) is 0 Å². The number of likely N-dealkylation sites (tertiary alicyclic amines) is 1. The van der Waals surface area contributed by atoms with Crippen LogP contribution in [0.5, 0.6) is 0 Å². The van der Waals surface area contributed by atoms with E-state index in [0.29, 0.717) is 23.1 Å². The Labute approximate surface area is 161 Å². The molecule has 146 valence electrons. The summed E-state index contributed by atoms with van der Waals surface area (Å²) in [5.74, 6) is 0.715. The van der Waals surface area contributed by atoms with Crippen molar-refractivity contribution in [1.29, 1.82) is 0 Å². The van der Waals surface area contributed by atoms with Crippen molar-refractivity contribution in [1.82, 2.24) is 9.21 Å². The van der Waals surface area contributed by atoms with E-state index in [1.54, 1.807) is 6.07 Å². The monoisotopic (exact) mass is 398 g/mol. The molecule has 2 saturated heterocycles. The highest BCUT2D eigenvalue weighted by Gasteiger charge is 2.41. The van der Waals surface area contributed by atoms with Gasteiger partial charge in [-0.15, -0.1) is 11.3 Å². The largest absolute Gasteiger partial charge is 0.341 e. The highest BCUT2D eigenvalue weighted by atomic mass is 32.2. The predicted octanol–water partition coefficient (Wildman–Crippen LogP) is 3.64. The molecule has 7 heteroatoms. The molecule has 3 rings (SSSR count). The van der Waals surface area contributed by atoms with Gasteiger partial charge in [0.15, 0.2) is 0 Å². The second-order valence-corrected chi connectivity index (χ2v) is 11.0. The molecule has 1 amide bonds. The first kappa shape index (κ1) is 19.8. The third-order valence-corrected chi connectivity index (χ3v) is 9.00. The summed E-state index contributed by atoms with van der Waals surface area (Å²) in [5, 5.41) is 0. The minimum atomic E-state index is -3.57. The van der Waals surface area contributed by atoms with Gasteiger partial charge in [-0.05, 0) is 57.1 Å². The lowest BCUT2D eigenvalue weighted by atomic mass is 9.96. The summed E-state index contributed by atoms with van der Waals surface area (Å²) in [6.07, 6.45) is 7.06. The SMILES string of the molecule is CCCC1CCCN(C(=O)C2CCCN2S(=O)(=O)c2ccc(C)s2)CC1. The Balaban J connectivity index is 1.72. The Morgan fingerprint density at radius 1 is 1.15 bits per heavy atom. The van der Waals surface area contributed by atoms with Crippen LogP contribution in [0.15, 0.2) is 16.3 Å². The van der Waals surface area contributed by atoms with Crippen LogP contribution in [0.2, 0.25) is 0 Å². The summed E-state index contributed by atoms with van der Waals surface area (Å²) in [6.45, 7) is 6.09. The lowest BCUT2D eigenvalue weighted by Crippen LogP contribution is -2.47. The summed E-state index contributed by atoms with van der Waals surface area (Å²) in [5.41, 5.74) is 0. The van der Waals surface area contributed by atoms with Crippen molar-refractivity contribution < 1.29 is 13.2 Å². The Hall–Kier alpha value is -0.920. The van der Waals surface area contributed by atoms with E-state index in [9.17, 15) is 13.2 Å². The van der Waals surface area contributed by atoms with Gasteiger partial charge in [0.05, 0.1) is 0 Å². The zero-order valence-corrected chi connectivity index (χ0v) is 17.4. The number of aryl methyl sites for hydroxylation is 1. The number of amides is 1. The van der Waals surface area contributed by atoms with Crippen LogP contribution in [0.4, 0.5) is 0 Å². The van der Waals surface area contributed by atoms with E-state index in [-0.39, 0.29) is 5.91 Å². The standard InChI is InChI=1S/C19H30N2O3S2/c1-3-6-16-7-4-12-20(14-11-16)19(22)17-8-5-13-21(17)26(23,24)18-10-9-15(2)25-18/h9-10,16-17H,3-8,11-14H2,1-2H3. The minimum absolute atomic E-state index is 0.0106. The molecule has 1 aromatic rings. The summed E-state index contributed by atoms with van der Waals surface area (Å²) < 4.78 is 27.8. The minimum Gasteiger partial charge on any atom is -0.341 e. The predicted molar refractivity (Wildman–Crippen MR) is 105 cm³/mol. The van der Waals surface area contributed by atoms with Gasteiger partial charge in [-0.3, -0.25) is 4.79 Å². The van der Waals surface area contributed by atoms with E-state index in [0.717, 1.165) is 37.2 Å². The Bertz CT molecular complexity index is 729. The van der Waals surface area contributed by atoms with Crippen LogP contribution in [0, 0.1) is 12.8 Å². The van der Waals surface area contributed by atoms with Gasteiger partial charge in [-0.1, -0.05) is 19.8 Å². The summed E-state index contributed by atoms with van der Waals surface area (Å²) in [4.78, 5) is 16.0. The van der Waals surface area contributed by atoms with Gasteiger partial charge in [-0.25, -0.2) is 8.42 Å². The van der Waals surface area contributed by atoms with Crippen molar-refractivity contribution in [3.63, 3.8) is 0 Å². The van der Waals surface area contributed by atoms with Gasteiger partial charge in [0.1, 0.15) is 10.3 Å². The van der Waals surface area contributed by atoms with Gasteiger partial charge in [0.2, 0.25) is 5.91 Å². The van der Waals surface area contributed by atoms with Gasteiger partial charge in [0.25, 0.3) is 10.0 Å². The topological polar surface area (TPSA) is 57.7 Å². The van der Waals surface area contributed by atoms with Gasteiger partial charge < -0.3 is 4.90 Å². The maximum atomic E-state index is 13.1. The summed E-state index contributed by atoms with van der Waals surface area (Å²) >= 11 is 1.29. The molecule has 2 aliphatic rings. The third-order valence-electron chi connectivity index (χ3n) is 5.62. The van der Waals surface area contributed by atoms with Gasteiger partial charge in [-0.2, -0.15) is 4.31 Å². The fraction of sp³-hybridized carbons (Fsp3) is 0.737. The second-order valence-electron chi connectivity index (χ2n) is 7.55. The van der Waals surface area contributed by atoms with Crippen molar-refractivity contribution in [3.8, 4) is 0 Å². The normalized spacial score (nSPS) is 25.4. The number of sulfonamides is 1. The van der Waals surface area contributed by atoms with E-state index in [2.05, 4.69) is 6.92 Å². The molecule has 2 fully saturated rings. The Morgan fingerprint density at radius 3 is 2.62 bits per heavy atom. The quantitative estimate of drug-likeness (QED) is 0.761. The molecule has 2 atom stereocenters. The van der Waals surface area contributed by atoms with Gasteiger partial charge >= 0.3 is 0 Å². The molecular formula is C19H30N2O3S2. The number of thiophene rings is 1. The van der Waals surface area contributed by atoms with Crippen LogP contribution in [-0.4, -0.2) is 49.2 Å². The van der Waals surface area contributed by atoms with Crippen molar-refractivity contribution in [2.24, 2.45) is 5.92 Å². The van der Waals surface area contributed by atoms with E-state index in [1.165, 1.54) is 34.9 Å². The molecule has 0 spiro atoms. The van der Waals surface area contributed by atoms with E-state index in [4.69, 9.17) is 0 Å². The molecule has 0 aromatic carbocycles. The van der Waals surface area contributed by atoms with Crippen LogP contribution in [0.25, 0.3) is 0 Å². The molecule has 0 N–H and O–H groups in total. The van der Waals surface area contributed by atoms with E-state index < -0.39 is 16.1 Å². The fourth-order valence-corrected chi connectivity index (χ4v) is 7.30. The van der Waals surface area contributed by atoms with E-state index >= 15 is 0 Å². The zero-order chi connectivity index (χ0) is 18.7. The van der Waals surface area contributed by atoms with Crippen molar-refractivity contribution in [3.05, 3.63) is 17.0 Å². The van der Waals surface area contributed by atoms with Crippen LogP contribution in [0.1, 0.15) is 56.7 Å². The number of nitrogens with zero attached hydrogens (tertiary/aromatic N) is 2. The van der Waals surface area contributed by atoms with Crippen LogP contribution in [-0.2, 0) is 14.8 Å². The van der Waals surface area contributed by atoms with Gasteiger partial charge in [0, 0.05) is 24.5 Å². The second kappa shape index (κ2) is 8.40. The number of hydrogen-bond donors (Lipinski definition) is 0. The van der Waals surface area contributed by atoms with Crippen molar-refractivity contribution in [2.75, 3.05) is 19.6 Å². The van der Waals surface area contributed by atoms with Crippen molar-refractivity contribution >= 4 is 27.3 Å². The van der Waals surface area contributed by atoms with Crippen molar-refractivity contribution in [2.45, 2.75) is 69.0 Å². The molecule has 0 radical (unpaired) electrons. The highest BCUT2D eigenvalue weighted by molar-refractivity contribution is 7.91. The molecule has 5 nitrogen and oxygen atoms in total. The Kier molecular flexibility index (Phi) is 6.41. The average Bonchev–Trinajstić information content (AvgIpc) is 3.21. The molecule has 2 aliphatic heterocycles. The molecule has 3 heterocycles. The smallest absolute Gasteiger partial charge is 0.253 e. The highest BCUT2D eigenvalue weighted by Crippen LogP contribution is 2.31. The number of rotatable bonds is 5. The maximum absolute atomic E-state index is 13.1. The average molecular weight is 399 g/mol. The number of carbonyl (C=O) groups excluding carboxylic acids is 1. The zero-order valence-electron chi connectivity index (χ0n) is 15.8. The fourth-order valence-electron chi connectivity index (χ4n) is 4.23. The lowest BCUT2D eigenvalue weighted by Gasteiger charge is -2.29. The molecule has 0 saturated carbocycles. The number of hydrogen-bond acceptors (Lipinski definition) is 4. The first-order chi connectivity index (χ1) is 12.4. The van der Waals surface area contributed by atoms with E-state index in [1.807, 2.05) is 17.9 Å². The number of carbonyl (C=O) groups is 1. The van der Waals surface area contributed by atoms with Crippen LogP contribution >= 0.6 is 11.3 Å². The molecule has 26 heavy (non-hydrogen) atoms. The first-order valence-corrected chi connectivity index (χ1v) is 12.1. The lowest BCUT2D eigenvalue weighted by molar-refractivity contribution is -0.134. The first-order valence-electron chi connectivity index (χ1n) is 9.80. The molecule has 0 aliphatic carbocycles. The summed E-state index contributed by atoms with van der Waals surface area (Å²) in [6, 6.07) is 2.97. The van der Waals surface area contributed by atoms with Crippen LogP contribution < -0.4 is 0 Å². The molecule has 1 aromatic heterocycles. The molecule has 2 unspecified atom stereocenters. The third kappa shape index (κ3) is 4.15. The molecular weight excluding hydrogens is 368 g/mol. The molecule has 0 bridgehead atoms. The maximum Gasteiger partial charge on any atom is 0.253 e. The summed E-state index contributed by atoms with van der Waals surface area (Å²) in [7, 11) is -3.57.